The van der Waals surface area contributed by atoms with Gasteiger partial charge in [0, 0.05) is 33.6 Å². The Morgan fingerprint density at radius 1 is 1.32 bits per heavy atom. The molecule has 0 spiro atoms. The molecule has 1 atom stereocenters. The molecule has 0 amide bonds. The first-order valence-corrected chi connectivity index (χ1v) is 7.78. The number of hydrogen-bond donors (Lipinski definition) is 0. The van der Waals surface area contributed by atoms with Gasteiger partial charge in [0.25, 0.3) is 0 Å². The summed E-state index contributed by atoms with van der Waals surface area (Å²) in [4.78, 5) is 5.30. The summed E-state index contributed by atoms with van der Waals surface area (Å²) in [6, 6.07) is 7.87. The molecule has 0 aliphatic carbocycles. The van der Waals surface area contributed by atoms with Gasteiger partial charge in [-0.05, 0) is 24.3 Å². The molecule has 0 N–H and O–H groups in total. The van der Waals surface area contributed by atoms with Crippen LogP contribution in [-0.2, 0) is 0 Å². The van der Waals surface area contributed by atoms with Crippen LogP contribution in [0.4, 0.5) is 0 Å². The second-order valence-electron chi connectivity index (χ2n) is 5.06. The first-order chi connectivity index (χ1) is 9.03. The van der Waals surface area contributed by atoms with E-state index in [1.165, 1.54) is 4.90 Å². The molecule has 0 bridgehead atoms. The zero-order valence-electron chi connectivity index (χ0n) is 10.9. The summed E-state index contributed by atoms with van der Waals surface area (Å²) in [6.45, 7) is 4.32. The van der Waals surface area contributed by atoms with Crippen molar-refractivity contribution in [1.29, 1.82) is 0 Å². The van der Waals surface area contributed by atoms with Crippen molar-refractivity contribution in [3.8, 4) is 0 Å². The number of hydrogen-bond acceptors (Lipinski definition) is 2. The summed E-state index contributed by atoms with van der Waals surface area (Å²) in [5, 5.41) is 0.939. The quantitative estimate of drug-likeness (QED) is 0.565. The first-order valence-electron chi connectivity index (χ1n) is 5.98. The lowest BCUT2D eigenvalue weighted by Crippen LogP contribution is -2.25. The number of aromatic nitrogens is 2. The van der Waals surface area contributed by atoms with E-state index in [1.54, 1.807) is 18.0 Å². The van der Waals surface area contributed by atoms with Crippen LogP contribution in [0.15, 0.2) is 47.9 Å². The summed E-state index contributed by atoms with van der Waals surface area (Å²) in [6.07, 6.45) is 5.60. The molecule has 0 fully saturated rings. The Morgan fingerprint density at radius 2 is 2.00 bits per heavy atom. The lowest BCUT2D eigenvalue weighted by molar-refractivity contribution is 0.338. The number of halogens is 2. The Hall–Kier alpha value is -0.640. The molecule has 5 heteroatoms. The van der Waals surface area contributed by atoms with Crippen LogP contribution in [-0.4, -0.2) is 15.4 Å². The van der Waals surface area contributed by atoms with Crippen LogP contribution in [0.3, 0.4) is 0 Å². The number of rotatable bonds is 5. The van der Waals surface area contributed by atoms with Gasteiger partial charge in [-0.2, -0.15) is 0 Å². The highest BCUT2D eigenvalue weighted by atomic mass is 35.5. The number of imidazole rings is 1. The van der Waals surface area contributed by atoms with Crippen LogP contribution >= 0.6 is 35.0 Å². The third kappa shape index (κ3) is 3.68. The van der Waals surface area contributed by atoms with Crippen molar-refractivity contribution in [2.75, 3.05) is 5.88 Å². The van der Waals surface area contributed by atoms with E-state index in [0.717, 1.165) is 5.02 Å². The van der Waals surface area contributed by atoms with Gasteiger partial charge in [0.1, 0.15) is 0 Å². The zero-order valence-corrected chi connectivity index (χ0v) is 13.2. The highest BCUT2D eigenvalue weighted by Gasteiger charge is 2.31. The second kappa shape index (κ2) is 6.21. The van der Waals surface area contributed by atoms with E-state index in [0.29, 0.717) is 5.88 Å². The molecular formula is C14H16Cl2N2S. The summed E-state index contributed by atoms with van der Waals surface area (Å²) in [7, 11) is 0. The predicted octanol–water partition coefficient (Wildman–Crippen LogP) is 5.09. The smallest absolute Gasteiger partial charge is 0.0955 e. The van der Waals surface area contributed by atoms with Crippen molar-refractivity contribution < 1.29 is 0 Å². The van der Waals surface area contributed by atoms with Gasteiger partial charge in [-0.15, -0.1) is 23.4 Å². The van der Waals surface area contributed by atoms with Gasteiger partial charge in [0.15, 0.2) is 0 Å². The summed E-state index contributed by atoms with van der Waals surface area (Å²) >= 11 is 13.8. The van der Waals surface area contributed by atoms with Crippen LogP contribution in [0.25, 0.3) is 0 Å². The summed E-state index contributed by atoms with van der Waals surface area (Å²) < 4.78 is 2.10. The SMILES string of the molecule is CC(C)(CCl)C(Sc1ccc(Cl)cc1)n1ccnc1. The fourth-order valence-electron chi connectivity index (χ4n) is 1.74. The fourth-order valence-corrected chi connectivity index (χ4v) is 3.30. The van der Waals surface area contributed by atoms with E-state index in [9.17, 15) is 0 Å². The molecule has 1 heterocycles. The lowest BCUT2D eigenvalue weighted by Gasteiger charge is -2.33. The minimum absolute atomic E-state index is 0.0490. The van der Waals surface area contributed by atoms with Gasteiger partial charge in [0.05, 0.1) is 11.7 Å². The molecule has 102 valence electrons. The monoisotopic (exact) mass is 314 g/mol. The van der Waals surface area contributed by atoms with Gasteiger partial charge in [-0.3, -0.25) is 0 Å². The Labute approximate surface area is 128 Å². The van der Waals surface area contributed by atoms with E-state index < -0.39 is 0 Å². The van der Waals surface area contributed by atoms with E-state index in [1.807, 2.05) is 36.8 Å². The average molecular weight is 315 g/mol. The molecule has 1 unspecified atom stereocenters. The third-order valence-corrected chi connectivity index (χ3v) is 5.46. The molecule has 19 heavy (non-hydrogen) atoms. The molecule has 0 aliphatic rings. The van der Waals surface area contributed by atoms with Gasteiger partial charge >= 0.3 is 0 Å². The van der Waals surface area contributed by atoms with Crippen molar-refractivity contribution in [2.45, 2.75) is 24.1 Å². The van der Waals surface area contributed by atoms with Gasteiger partial charge in [0.2, 0.25) is 0 Å². The number of thioether (sulfide) groups is 1. The minimum Gasteiger partial charge on any atom is -0.324 e. The average Bonchev–Trinajstić information content (AvgIpc) is 2.91. The molecule has 1 aromatic carbocycles. The Balaban J connectivity index is 2.26. The topological polar surface area (TPSA) is 17.8 Å². The number of benzene rings is 1. The van der Waals surface area contributed by atoms with E-state index in [2.05, 4.69) is 23.4 Å². The molecule has 0 saturated carbocycles. The Bertz CT molecular complexity index is 509. The Morgan fingerprint density at radius 3 is 2.53 bits per heavy atom. The molecular weight excluding hydrogens is 299 g/mol. The molecule has 2 aromatic rings. The third-order valence-electron chi connectivity index (χ3n) is 2.87. The minimum atomic E-state index is -0.0490. The number of nitrogens with zero attached hydrogens (tertiary/aromatic N) is 2. The van der Waals surface area contributed by atoms with Crippen molar-refractivity contribution in [3.05, 3.63) is 48.0 Å². The van der Waals surface area contributed by atoms with Crippen molar-refractivity contribution >= 4 is 35.0 Å². The maximum absolute atomic E-state index is 6.13. The predicted molar refractivity (Wildman–Crippen MR) is 83.1 cm³/mol. The van der Waals surface area contributed by atoms with Gasteiger partial charge < -0.3 is 4.57 Å². The molecule has 2 rings (SSSR count). The van der Waals surface area contributed by atoms with E-state index >= 15 is 0 Å². The highest BCUT2D eigenvalue weighted by Crippen LogP contribution is 2.44. The second-order valence-corrected chi connectivity index (χ2v) is 6.91. The van der Waals surface area contributed by atoms with Crippen LogP contribution in [0.1, 0.15) is 19.2 Å². The Kier molecular flexibility index (Phi) is 4.82. The molecule has 0 radical (unpaired) electrons. The standard InChI is InChI=1S/C14H16Cl2N2S/c1-14(2,9-15)13(18-8-7-17-10-18)19-12-5-3-11(16)4-6-12/h3-8,10,13H,9H2,1-2H3. The molecule has 0 aliphatic heterocycles. The van der Waals surface area contributed by atoms with Crippen LogP contribution in [0.5, 0.6) is 0 Å². The largest absolute Gasteiger partial charge is 0.324 e. The van der Waals surface area contributed by atoms with Crippen LogP contribution < -0.4 is 0 Å². The maximum atomic E-state index is 6.13. The molecule has 2 nitrogen and oxygen atoms in total. The van der Waals surface area contributed by atoms with Gasteiger partial charge in [-0.1, -0.05) is 25.4 Å². The zero-order chi connectivity index (χ0) is 13.9. The fraction of sp³-hybridized carbons (Fsp3) is 0.357. The van der Waals surface area contributed by atoms with Crippen molar-refractivity contribution in [3.63, 3.8) is 0 Å². The summed E-state index contributed by atoms with van der Waals surface area (Å²) in [5.74, 6) is 0.580. The van der Waals surface area contributed by atoms with Gasteiger partial charge in [-0.25, -0.2) is 4.98 Å². The molecule has 1 aromatic heterocycles. The maximum Gasteiger partial charge on any atom is 0.0955 e. The van der Waals surface area contributed by atoms with E-state index in [-0.39, 0.29) is 10.8 Å². The normalized spacial score (nSPS) is 13.5. The van der Waals surface area contributed by atoms with Crippen molar-refractivity contribution in [1.82, 2.24) is 9.55 Å². The van der Waals surface area contributed by atoms with Crippen molar-refractivity contribution in [2.24, 2.45) is 5.41 Å². The lowest BCUT2D eigenvalue weighted by atomic mass is 9.96. The molecule has 0 saturated heterocycles. The first kappa shape index (κ1) is 14.8. The van der Waals surface area contributed by atoms with E-state index in [4.69, 9.17) is 23.2 Å². The summed E-state index contributed by atoms with van der Waals surface area (Å²) in [5.41, 5.74) is -0.0490. The van der Waals surface area contributed by atoms with Crippen LogP contribution in [0, 0.1) is 5.41 Å². The van der Waals surface area contributed by atoms with Crippen LogP contribution in [0.2, 0.25) is 5.02 Å². The highest BCUT2D eigenvalue weighted by molar-refractivity contribution is 7.99. The number of alkyl halides is 1.